The maximum Gasteiger partial charge on any atom is 0.356 e. The molecule has 0 bridgehead atoms. The molecule has 1 saturated heterocycles. The maximum absolute atomic E-state index is 11.6. The van der Waals surface area contributed by atoms with Crippen LogP contribution in [-0.2, 0) is 16.1 Å². The summed E-state index contributed by atoms with van der Waals surface area (Å²) in [5.41, 5.74) is -0.0533. The molecule has 2 amide bonds. The van der Waals surface area contributed by atoms with Crippen LogP contribution in [0.1, 0.15) is 23.8 Å². The number of nitrogens with zero attached hydrogens (tertiary/aromatic N) is 3. The summed E-state index contributed by atoms with van der Waals surface area (Å²) in [7, 11) is 0. The molecular weight excluding hydrogens is 238 g/mol. The summed E-state index contributed by atoms with van der Waals surface area (Å²) in [4.78, 5) is 38.7. The molecule has 1 aromatic rings. The number of likely N-dealkylation sites (tertiary alicyclic amines) is 1. The maximum atomic E-state index is 11.6. The average molecular weight is 251 g/mol. The summed E-state index contributed by atoms with van der Waals surface area (Å²) in [6.45, 7) is 2.32. The van der Waals surface area contributed by atoms with Crippen LogP contribution in [0.15, 0.2) is 12.5 Å². The molecule has 1 fully saturated rings. The van der Waals surface area contributed by atoms with Gasteiger partial charge in [-0.25, -0.2) is 9.78 Å². The third-order valence-corrected chi connectivity index (χ3v) is 2.90. The van der Waals surface area contributed by atoms with Crippen LogP contribution in [0.2, 0.25) is 0 Å². The monoisotopic (exact) mass is 251 g/mol. The highest BCUT2D eigenvalue weighted by Crippen LogP contribution is 2.18. The zero-order valence-electron chi connectivity index (χ0n) is 9.87. The molecule has 0 saturated carbocycles. The van der Waals surface area contributed by atoms with E-state index in [0.717, 1.165) is 0 Å². The Hall–Kier alpha value is -2.18. The van der Waals surface area contributed by atoms with Crippen molar-refractivity contribution in [3.63, 3.8) is 0 Å². The number of hydrogen-bond donors (Lipinski definition) is 1. The Morgan fingerprint density at radius 3 is 2.72 bits per heavy atom. The largest absolute Gasteiger partial charge is 0.476 e. The van der Waals surface area contributed by atoms with Crippen molar-refractivity contribution in [1.82, 2.24) is 14.5 Å². The summed E-state index contributed by atoms with van der Waals surface area (Å²) in [5.74, 6) is -1.70. The van der Waals surface area contributed by atoms with Gasteiger partial charge < -0.3 is 9.67 Å². The quantitative estimate of drug-likeness (QED) is 0.759. The SMILES string of the molecule is CC1CC(=O)N(CCn2cnc(C(=O)O)c2)C1=O. The van der Waals surface area contributed by atoms with Crippen molar-refractivity contribution >= 4 is 17.8 Å². The first-order valence-electron chi connectivity index (χ1n) is 5.58. The summed E-state index contributed by atoms with van der Waals surface area (Å²) in [5, 5.41) is 8.70. The second-order valence-electron chi connectivity index (χ2n) is 4.29. The lowest BCUT2D eigenvalue weighted by Crippen LogP contribution is -2.33. The molecule has 2 heterocycles. The van der Waals surface area contributed by atoms with Crippen LogP contribution in [0.4, 0.5) is 0 Å². The van der Waals surface area contributed by atoms with Crippen molar-refractivity contribution in [2.24, 2.45) is 5.92 Å². The van der Waals surface area contributed by atoms with Gasteiger partial charge in [-0.15, -0.1) is 0 Å². The van der Waals surface area contributed by atoms with Gasteiger partial charge in [0.25, 0.3) is 0 Å². The fourth-order valence-corrected chi connectivity index (χ4v) is 1.89. The summed E-state index contributed by atoms with van der Waals surface area (Å²) in [6, 6.07) is 0. The lowest BCUT2D eigenvalue weighted by molar-refractivity contribution is -0.139. The van der Waals surface area contributed by atoms with E-state index in [1.165, 1.54) is 17.4 Å². The molecule has 0 aliphatic carbocycles. The Kier molecular flexibility index (Phi) is 3.14. The number of aromatic nitrogens is 2. The molecule has 1 aliphatic rings. The van der Waals surface area contributed by atoms with Gasteiger partial charge in [-0.05, 0) is 0 Å². The minimum atomic E-state index is -1.10. The van der Waals surface area contributed by atoms with Gasteiger partial charge in [0, 0.05) is 31.6 Å². The number of rotatable bonds is 4. The normalized spacial score (nSPS) is 19.6. The lowest BCUT2D eigenvalue weighted by atomic mass is 10.1. The minimum absolute atomic E-state index is 0.0533. The third-order valence-electron chi connectivity index (χ3n) is 2.90. The number of aromatic carboxylic acids is 1. The Balaban J connectivity index is 1.97. The Bertz CT molecular complexity index is 508. The number of carboxylic acid groups (broad SMARTS) is 1. The van der Waals surface area contributed by atoms with Crippen LogP contribution in [0, 0.1) is 5.92 Å². The van der Waals surface area contributed by atoms with Crippen molar-refractivity contribution in [2.45, 2.75) is 19.9 Å². The Morgan fingerprint density at radius 1 is 1.50 bits per heavy atom. The fourth-order valence-electron chi connectivity index (χ4n) is 1.89. The van der Waals surface area contributed by atoms with Crippen LogP contribution in [0.5, 0.6) is 0 Å². The molecule has 2 rings (SSSR count). The zero-order chi connectivity index (χ0) is 13.3. The van der Waals surface area contributed by atoms with Crippen LogP contribution in [0.3, 0.4) is 0 Å². The predicted octanol–water partition coefficient (Wildman–Crippen LogP) is -0.0237. The predicted molar refractivity (Wildman–Crippen MR) is 59.7 cm³/mol. The second kappa shape index (κ2) is 4.59. The van der Waals surface area contributed by atoms with Gasteiger partial charge >= 0.3 is 5.97 Å². The number of imidazole rings is 1. The lowest BCUT2D eigenvalue weighted by Gasteiger charge is -2.14. The van der Waals surface area contributed by atoms with Gasteiger partial charge in [0.2, 0.25) is 11.8 Å². The molecule has 7 nitrogen and oxygen atoms in total. The standard InChI is InChI=1S/C11H13N3O4/c1-7-4-9(15)14(10(7)16)3-2-13-5-8(11(17)18)12-6-13/h5-7H,2-4H2,1H3,(H,17,18). The average Bonchev–Trinajstić information content (AvgIpc) is 2.85. The number of carboxylic acids is 1. The first-order valence-corrected chi connectivity index (χ1v) is 5.58. The van der Waals surface area contributed by atoms with Crippen molar-refractivity contribution in [2.75, 3.05) is 6.54 Å². The van der Waals surface area contributed by atoms with E-state index in [2.05, 4.69) is 4.98 Å². The van der Waals surface area contributed by atoms with Crippen LogP contribution < -0.4 is 0 Å². The Labute approximate surface area is 103 Å². The van der Waals surface area contributed by atoms with E-state index < -0.39 is 5.97 Å². The van der Waals surface area contributed by atoms with Crippen LogP contribution in [0.25, 0.3) is 0 Å². The molecule has 1 aromatic heterocycles. The summed E-state index contributed by atoms with van der Waals surface area (Å²) >= 11 is 0. The molecule has 1 N–H and O–H groups in total. The molecular formula is C11H13N3O4. The molecule has 0 spiro atoms. The van der Waals surface area contributed by atoms with E-state index in [0.29, 0.717) is 6.54 Å². The van der Waals surface area contributed by atoms with E-state index in [-0.39, 0.29) is 36.4 Å². The highest BCUT2D eigenvalue weighted by molar-refractivity contribution is 6.03. The number of carbonyl (C=O) groups excluding carboxylic acids is 2. The first-order chi connectivity index (χ1) is 8.49. The topological polar surface area (TPSA) is 92.5 Å². The minimum Gasteiger partial charge on any atom is -0.476 e. The highest BCUT2D eigenvalue weighted by Gasteiger charge is 2.34. The number of amides is 2. The highest BCUT2D eigenvalue weighted by atomic mass is 16.4. The smallest absolute Gasteiger partial charge is 0.356 e. The van der Waals surface area contributed by atoms with Crippen LogP contribution in [-0.4, -0.2) is 43.9 Å². The van der Waals surface area contributed by atoms with E-state index in [9.17, 15) is 14.4 Å². The van der Waals surface area contributed by atoms with Crippen molar-refractivity contribution in [3.05, 3.63) is 18.2 Å². The van der Waals surface area contributed by atoms with E-state index >= 15 is 0 Å². The van der Waals surface area contributed by atoms with Gasteiger partial charge in [-0.3, -0.25) is 14.5 Å². The number of imide groups is 1. The van der Waals surface area contributed by atoms with Gasteiger partial charge in [-0.1, -0.05) is 6.92 Å². The summed E-state index contributed by atoms with van der Waals surface area (Å²) in [6.07, 6.45) is 3.00. The van der Waals surface area contributed by atoms with E-state index in [4.69, 9.17) is 5.11 Å². The molecule has 1 unspecified atom stereocenters. The van der Waals surface area contributed by atoms with Gasteiger partial charge in [0.1, 0.15) is 0 Å². The molecule has 18 heavy (non-hydrogen) atoms. The number of hydrogen-bond acceptors (Lipinski definition) is 4. The zero-order valence-corrected chi connectivity index (χ0v) is 9.87. The molecule has 96 valence electrons. The molecule has 1 aliphatic heterocycles. The van der Waals surface area contributed by atoms with Gasteiger partial charge in [0.15, 0.2) is 5.69 Å². The van der Waals surface area contributed by atoms with E-state index in [1.54, 1.807) is 11.5 Å². The van der Waals surface area contributed by atoms with Crippen molar-refractivity contribution < 1.29 is 19.5 Å². The molecule has 0 radical (unpaired) electrons. The number of carbonyl (C=O) groups is 3. The fraction of sp³-hybridized carbons (Fsp3) is 0.455. The van der Waals surface area contributed by atoms with Crippen LogP contribution >= 0.6 is 0 Å². The van der Waals surface area contributed by atoms with Gasteiger partial charge in [-0.2, -0.15) is 0 Å². The Morgan fingerprint density at radius 2 is 2.22 bits per heavy atom. The third kappa shape index (κ3) is 2.24. The molecule has 7 heteroatoms. The molecule has 0 aromatic carbocycles. The van der Waals surface area contributed by atoms with Crippen molar-refractivity contribution in [3.8, 4) is 0 Å². The van der Waals surface area contributed by atoms with Crippen molar-refractivity contribution in [1.29, 1.82) is 0 Å². The van der Waals surface area contributed by atoms with Gasteiger partial charge in [0.05, 0.1) is 6.33 Å². The molecule has 1 atom stereocenters. The summed E-state index contributed by atoms with van der Waals surface area (Å²) < 4.78 is 1.55. The second-order valence-corrected chi connectivity index (χ2v) is 4.29. The van der Waals surface area contributed by atoms with E-state index in [1.807, 2.05) is 0 Å². The first kappa shape index (κ1) is 12.3.